The highest BCUT2D eigenvalue weighted by atomic mass is 32.1. The highest BCUT2D eigenvalue weighted by Gasteiger charge is 2.08. The van der Waals surface area contributed by atoms with Crippen molar-refractivity contribution in [2.75, 3.05) is 14.1 Å². The molecular weight excluding hydrogens is 316 g/mol. The predicted octanol–water partition coefficient (Wildman–Crippen LogP) is 3.45. The largest absolute Gasteiger partial charge is 0.352 e. The Kier molecular flexibility index (Phi) is 7.28. The molecule has 0 spiro atoms. The van der Waals surface area contributed by atoms with E-state index in [-0.39, 0.29) is 0 Å². The monoisotopic (exact) mass is 344 g/mol. The van der Waals surface area contributed by atoms with Crippen LogP contribution in [0.4, 0.5) is 0 Å². The van der Waals surface area contributed by atoms with Gasteiger partial charge in [0.2, 0.25) is 0 Å². The first-order valence-electron chi connectivity index (χ1n) is 8.34. The van der Waals surface area contributed by atoms with Gasteiger partial charge in [0.25, 0.3) is 0 Å². The minimum absolute atomic E-state index is 0.534. The second kappa shape index (κ2) is 9.45. The van der Waals surface area contributed by atoms with E-state index in [0.717, 1.165) is 25.6 Å². The molecule has 0 saturated carbocycles. The topological polar surface area (TPSA) is 39.7 Å². The third-order valence-electron chi connectivity index (χ3n) is 4.10. The molecule has 0 bridgehead atoms. The van der Waals surface area contributed by atoms with Crippen molar-refractivity contribution < 1.29 is 0 Å². The summed E-state index contributed by atoms with van der Waals surface area (Å²) in [4.78, 5) is 7.96. The summed E-state index contributed by atoms with van der Waals surface area (Å²) in [6.07, 6.45) is 0. The molecule has 1 aromatic carbocycles. The van der Waals surface area contributed by atoms with Gasteiger partial charge in [0.15, 0.2) is 5.96 Å². The number of guanidine groups is 1. The Hall–Kier alpha value is -1.85. The summed E-state index contributed by atoms with van der Waals surface area (Å²) in [7, 11) is 3.97. The van der Waals surface area contributed by atoms with Gasteiger partial charge in [0.05, 0.1) is 6.54 Å². The molecule has 0 aliphatic carbocycles. The van der Waals surface area contributed by atoms with Crippen LogP contribution in [0.1, 0.15) is 29.9 Å². The van der Waals surface area contributed by atoms with E-state index < -0.39 is 0 Å². The molecule has 2 rings (SSSR count). The van der Waals surface area contributed by atoms with Crippen LogP contribution in [-0.4, -0.2) is 31.0 Å². The zero-order chi connectivity index (χ0) is 17.4. The van der Waals surface area contributed by atoms with Crippen LogP contribution >= 0.6 is 11.3 Å². The van der Waals surface area contributed by atoms with Gasteiger partial charge in [0.1, 0.15) is 0 Å². The van der Waals surface area contributed by atoms with Gasteiger partial charge in [-0.05, 0) is 43.5 Å². The van der Waals surface area contributed by atoms with Gasteiger partial charge in [0, 0.05) is 31.1 Å². The maximum absolute atomic E-state index is 4.31. The van der Waals surface area contributed by atoms with Gasteiger partial charge in [-0.3, -0.25) is 9.89 Å². The molecule has 0 atom stereocenters. The van der Waals surface area contributed by atoms with E-state index in [9.17, 15) is 0 Å². The van der Waals surface area contributed by atoms with Crippen LogP contribution in [0.25, 0.3) is 0 Å². The maximum atomic E-state index is 4.31. The van der Waals surface area contributed by atoms with Crippen LogP contribution in [-0.2, 0) is 19.6 Å². The zero-order valence-corrected chi connectivity index (χ0v) is 15.9. The average Bonchev–Trinajstić information content (AvgIpc) is 3.09. The quantitative estimate of drug-likeness (QED) is 0.597. The van der Waals surface area contributed by atoms with Gasteiger partial charge in [-0.25, -0.2) is 0 Å². The molecule has 0 radical (unpaired) electrons. The Bertz CT molecular complexity index is 635. The highest BCUT2D eigenvalue weighted by Crippen LogP contribution is 2.12. The number of benzene rings is 1. The Morgan fingerprint density at radius 2 is 1.79 bits per heavy atom. The van der Waals surface area contributed by atoms with Gasteiger partial charge >= 0.3 is 0 Å². The van der Waals surface area contributed by atoms with Crippen LogP contribution < -0.4 is 10.6 Å². The highest BCUT2D eigenvalue weighted by molar-refractivity contribution is 7.09. The zero-order valence-electron chi connectivity index (χ0n) is 15.0. The van der Waals surface area contributed by atoms with Crippen molar-refractivity contribution in [2.45, 2.75) is 39.5 Å². The van der Waals surface area contributed by atoms with E-state index >= 15 is 0 Å². The van der Waals surface area contributed by atoms with Crippen molar-refractivity contribution in [3.05, 3.63) is 57.8 Å². The molecule has 0 unspecified atom stereocenters. The number of nitrogens with zero attached hydrogens (tertiary/aromatic N) is 2. The lowest BCUT2D eigenvalue weighted by Crippen LogP contribution is -2.36. The van der Waals surface area contributed by atoms with E-state index in [4.69, 9.17) is 0 Å². The molecule has 1 aromatic heterocycles. The van der Waals surface area contributed by atoms with E-state index in [2.05, 4.69) is 83.2 Å². The normalized spacial score (nSPS) is 12.0. The first-order chi connectivity index (χ1) is 11.6. The van der Waals surface area contributed by atoms with Crippen LogP contribution in [0.5, 0.6) is 0 Å². The molecule has 0 fully saturated rings. The van der Waals surface area contributed by atoms with Crippen molar-refractivity contribution in [1.29, 1.82) is 0 Å². The number of nitrogens with one attached hydrogen (secondary N) is 2. The molecule has 24 heavy (non-hydrogen) atoms. The summed E-state index contributed by atoms with van der Waals surface area (Å²) in [5.74, 6) is 0.829. The number of hydrogen-bond donors (Lipinski definition) is 2. The van der Waals surface area contributed by atoms with Crippen molar-refractivity contribution in [1.82, 2.24) is 15.5 Å². The van der Waals surface area contributed by atoms with Crippen molar-refractivity contribution in [2.24, 2.45) is 4.99 Å². The third kappa shape index (κ3) is 5.65. The SMILES string of the molecule is CN=C(NCc1cccs1)NCc1ccccc1CN(C)C(C)C. The molecule has 0 aliphatic rings. The lowest BCUT2D eigenvalue weighted by molar-refractivity contribution is 0.265. The fourth-order valence-electron chi connectivity index (χ4n) is 2.32. The van der Waals surface area contributed by atoms with Crippen LogP contribution in [0.2, 0.25) is 0 Å². The molecular formula is C19H28N4S. The Morgan fingerprint density at radius 3 is 2.42 bits per heavy atom. The molecule has 5 heteroatoms. The Morgan fingerprint density at radius 1 is 1.08 bits per heavy atom. The fourth-order valence-corrected chi connectivity index (χ4v) is 2.96. The van der Waals surface area contributed by atoms with Crippen molar-refractivity contribution in [3.8, 4) is 0 Å². The van der Waals surface area contributed by atoms with E-state index in [1.807, 2.05) is 7.05 Å². The van der Waals surface area contributed by atoms with Gasteiger partial charge in [-0.1, -0.05) is 30.3 Å². The summed E-state index contributed by atoms with van der Waals surface area (Å²) in [6, 6.07) is 13.3. The van der Waals surface area contributed by atoms with Crippen LogP contribution in [0.15, 0.2) is 46.8 Å². The third-order valence-corrected chi connectivity index (χ3v) is 4.98. The van der Waals surface area contributed by atoms with Gasteiger partial charge in [-0.2, -0.15) is 0 Å². The van der Waals surface area contributed by atoms with Crippen LogP contribution in [0, 0.1) is 0 Å². The van der Waals surface area contributed by atoms with Crippen LogP contribution in [0.3, 0.4) is 0 Å². The second-order valence-electron chi connectivity index (χ2n) is 6.14. The lowest BCUT2D eigenvalue weighted by atomic mass is 10.1. The number of hydrogen-bond acceptors (Lipinski definition) is 3. The Labute approximate surface area is 149 Å². The van der Waals surface area contributed by atoms with Gasteiger partial charge in [-0.15, -0.1) is 11.3 Å². The molecule has 0 aliphatic heterocycles. The van der Waals surface area contributed by atoms with Crippen molar-refractivity contribution >= 4 is 17.3 Å². The molecule has 0 amide bonds. The number of aliphatic imine (C=N–C) groups is 1. The van der Waals surface area contributed by atoms with Crippen molar-refractivity contribution in [3.63, 3.8) is 0 Å². The maximum Gasteiger partial charge on any atom is 0.191 e. The van der Waals surface area contributed by atoms with E-state index in [0.29, 0.717) is 6.04 Å². The minimum Gasteiger partial charge on any atom is -0.352 e. The molecule has 2 N–H and O–H groups in total. The molecule has 2 aromatic rings. The predicted molar refractivity (Wildman–Crippen MR) is 104 cm³/mol. The van der Waals surface area contributed by atoms with E-state index in [1.165, 1.54) is 16.0 Å². The molecule has 4 nitrogen and oxygen atoms in total. The standard InChI is InChI=1S/C19H28N4S/c1-15(2)23(4)14-17-9-6-5-8-16(17)12-21-19(20-3)22-13-18-10-7-11-24-18/h5-11,15H,12-14H2,1-4H3,(H2,20,21,22). The lowest BCUT2D eigenvalue weighted by Gasteiger charge is -2.23. The molecule has 1 heterocycles. The van der Waals surface area contributed by atoms with Gasteiger partial charge < -0.3 is 10.6 Å². The minimum atomic E-state index is 0.534. The summed E-state index contributed by atoms with van der Waals surface area (Å²) >= 11 is 1.75. The van der Waals surface area contributed by atoms with E-state index in [1.54, 1.807) is 11.3 Å². The number of thiophene rings is 1. The summed E-state index contributed by atoms with van der Waals surface area (Å²) in [5.41, 5.74) is 2.67. The number of rotatable bonds is 7. The first-order valence-corrected chi connectivity index (χ1v) is 9.22. The summed E-state index contributed by atoms with van der Waals surface area (Å²) < 4.78 is 0. The fraction of sp³-hybridized carbons (Fsp3) is 0.421. The first kappa shape index (κ1) is 18.5. The smallest absolute Gasteiger partial charge is 0.191 e. The summed E-state index contributed by atoms with van der Waals surface area (Å²) in [6.45, 7) is 6.96. The Balaban J connectivity index is 1.92. The second-order valence-corrected chi connectivity index (χ2v) is 7.17. The molecule has 130 valence electrons. The average molecular weight is 345 g/mol. The summed E-state index contributed by atoms with van der Waals surface area (Å²) in [5, 5.41) is 8.87. The molecule has 0 saturated heterocycles.